The molecule has 1 fully saturated rings. The number of allylic oxidation sites excluding steroid dienone is 1. The Balaban J connectivity index is 2.76. The van der Waals surface area contributed by atoms with E-state index >= 15 is 0 Å². The first-order chi connectivity index (χ1) is 8.92. The lowest BCUT2D eigenvalue weighted by molar-refractivity contribution is -0.152. The Morgan fingerprint density at radius 1 is 1.37 bits per heavy atom. The summed E-state index contributed by atoms with van der Waals surface area (Å²) in [5, 5.41) is 0. The molecule has 0 aromatic carbocycles. The summed E-state index contributed by atoms with van der Waals surface area (Å²) in [6, 6.07) is 0. The number of esters is 1. The molecule has 1 aliphatic carbocycles. The third-order valence-electron chi connectivity index (χ3n) is 4.19. The second-order valence-corrected chi connectivity index (χ2v) is 5.96. The van der Waals surface area contributed by atoms with Crippen molar-refractivity contribution in [1.82, 2.24) is 0 Å². The standard InChI is InChI=1S/C16H26O3/c1-5-16(3,4)14(17)11-13(15(18)19-6-2)12-9-7-8-10-12/h5,12-13H,1,6-11H2,2-4H3. The van der Waals surface area contributed by atoms with Gasteiger partial charge in [0.15, 0.2) is 0 Å². The van der Waals surface area contributed by atoms with Gasteiger partial charge in [-0.25, -0.2) is 0 Å². The van der Waals surface area contributed by atoms with Gasteiger partial charge in [-0.1, -0.05) is 18.9 Å². The molecule has 108 valence electrons. The smallest absolute Gasteiger partial charge is 0.309 e. The number of carbonyl (C=O) groups excluding carboxylic acids is 2. The van der Waals surface area contributed by atoms with Crippen molar-refractivity contribution in [3.05, 3.63) is 12.7 Å². The molecule has 0 N–H and O–H groups in total. The van der Waals surface area contributed by atoms with Crippen molar-refractivity contribution in [2.75, 3.05) is 6.61 Å². The van der Waals surface area contributed by atoms with Crippen LogP contribution in [0.4, 0.5) is 0 Å². The Morgan fingerprint density at radius 3 is 2.42 bits per heavy atom. The van der Waals surface area contributed by atoms with Crippen molar-refractivity contribution >= 4 is 11.8 Å². The maximum Gasteiger partial charge on any atom is 0.309 e. The number of Topliss-reactive ketones (excluding diaryl/α,β-unsaturated/α-hetero) is 1. The van der Waals surface area contributed by atoms with E-state index in [4.69, 9.17) is 4.74 Å². The van der Waals surface area contributed by atoms with Crippen LogP contribution in [0.15, 0.2) is 12.7 Å². The van der Waals surface area contributed by atoms with Crippen LogP contribution < -0.4 is 0 Å². The third kappa shape index (κ3) is 4.19. The Kier molecular flexibility index (Phi) is 5.77. The average molecular weight is 266 g/mol. The van der Waals surface area contributed by atoms with Gasteiger partial charge in [-0.15, -0.1) is 6.58 Å². The number of ether oxygens (including phenoxy) is 1. The molecule has 1 atom stereocenters. The molecule has 0 aromatic heterocycles. The van der Waals surface area contributed by atoms with E-state index in [1.54, 1.807) is 13.0 Å². The zero-order chi connectivity index (χ0) is 14.5. The van der Waals surface area contributed by atoms with E-state index in [0.717, 1.165) is 25.7 Å². The Bertz CT molecular complexity index is 338. The molecule has 1 aliphatic rings. The third-order valence-corrected chi connectivity index (χ3v) is 4.19. The summed E-state index contributed by atoms with van der Waals surface area (Å²) in [5.41, 5.74) is -0.566. The minimum absolute atomic E-state index is 0.0763. The Labute approximate surface area is 116 Å². The monoisotopic (exact) mass is 266 g/mol. The number of rotatable bonds is 7. The van der Waals surface area contributed by atoms with Crippen LogP contribution in [-0.2, 0) is 14.3 Å². The van der Waals surface area contributed by atoms with Crippen LogP contribution >= 0.6 is 0 Å². The first-order valence-corrected chi connectivity index (χ1v) is 7.26. The highest BCUT2D eigenvalue weighted by atomic mass is 16.5. The number of carbonyl (C=O) groups is 2. The van der Waals surface area contributed by atoms with Gasteiger partial charge in [-0.05, 0) is 39.5 Å². The number of hydrogen-bond donors (Lipinski definition) is 0. The molecule has 3 heteroatoms. The largest absolute Gasteiger partial charge is 0.466 e. The highest BCUT2D eigenvalue weighted by Crippen LogP contribution is 2.35. The molecule has 1 rings (SSSR count). The molecule has 0 aliphatic heterocycles. The van der Waals surface area contributed by atoms with E-state index in [9.17, 15) is 9.59 Å². The van der Waals surface area contributed by atoms with Crippen molar-refractivity contribution in [3.8, 4) is 0 Å². The fourth-order valence-corrected chi connectivity index (χ4v) is 2.63. The van der Waals surface area contributed by atoms with Crippen LogP contribution in [0.5, 0.6) is 0 Å². The average Bonchev–Trinajstić information content (AvgIpc) is 2.89. The van der Waals surface area contributed by atoms with E-state index in [0.29, 0.717) is 12.5 Å². The molecule has 0 aromatic rings. The normalized spacial score (nSPS) is 18.1. The van der Waals surface area contributed by atoms with Gasteiger partial charge < -0.3 is 4.74 Å². The van der Waals surface area contributed by atoms with Crippen LogP contribution in [-0.4, -0.2) is 18.4 Å². The van der Waals surface area contributed by atoms with Crippen molar-refractivity contribution in [1.29, 1.82) is 0 Å². The molecule has 0 bridgehead atoms. The molecule has 0 saturated heterocycles. The van der Waals surface area contributed by atoms with Crippen molar-refractivity contribution in [2.45, 2.75) is 52.9 Å². The molecule has 0 heterocycles. The molecule has 0 amide bonds. The van der Waals surface area contributed by atoms with E-state index in [-0.39, 0.29) is 24.1 Å². The maximum atomic E-state index is 12.3. The molecular formula is C16H26O3. The molecule has 1 saturated carbocycles. The summed E-state index contributed by atoms with van der Waals surface area (Å²) in [7, 11) is 0. The van der Waals surface area contributed by atoms with E-state index in [1.807, 2.05) is 13.8 Å². The lowest BCUT2D eigenvalue weighted by Gasteiger charge is -2.25. The van der Waals surface area contributed by atoms with Gasteiger partial charge in [0.05, 0.1) is 12.5 Å². The Hall–Kier alpha value is -1.12. The molecule has 0 spiro atoms. The summed E-state index contributed by atoms with van der Waals surface area (Å²) >= 11 is 0. The van der Waals surface area contributed by atoms with E-state index in [1.165, 1.54) is 0 Å². The van der Waals surface area contributed by atoms with Crippen molar-refractivity contribution < 1.29 is 14.3 Å². The highest BCUT2D eigenvalue weighted by molar-refractivity contribution is 5.89. The quantitative estimate of drug-likeness (QED) is 0.523. The van der Waals surface area contributed by atoms with Gasteiger partial charge >= 0.3 is 5.97 Å². The topological polar surface area (TPSA) is 43.4 Å². The molecular weight excluding hydrogens is 240 g/mol. The van der Waals surface area contributed by atoms with E-state index < -0.39 is 5.41 Å². The van der Waals surface area contributed by atoms with Crippen LogP contribution in [0.2, 0.25) is 0 Å². The molecule has 3 nitrogen and oxygen atoms in total. The van der Waals surface area contributed by atoms with Gasteiger partial charge in [0.2, 0.25) is 0 Å². The van der Waals surface area contributed by atoms with Crippen molar-refractivity contribution in [2.24, 2.45) is 17.3 Å². The Morgan fingerprint density at radius 2 is 1.95 bits per heavy atom. The predicted octanol–water partition coefficient (Wildman–Crippen LogP) is 3.53. The fraction of sp³-hybridized carbons (Fsp3) is 0.750. The van der Waals surface area contributed by atoms with Gasteiger partial charge in [0.25, 0.3) is 0 Å². The number of ketones is 1. The van der Waals surface area contributed by atoms with Gasteiger partial charge in [-0.3, -0.25) is 9.59 Å². The minimum Gasteiger partial charge on any atom is -0.466 e. The second-order valence-electron chi connectivity index (χ2n) is 5.96. The summed E-state index contributed by atoms with van der Waals surface area (Å²) in [4.78, 5) is 24.4. The first kappa shape index (κ1) is 15.9. The first-order valence-electron chi connectivity index (χ1n) is 7.26. The highest BCUT2D eigenvalue weighted by Gasteiger charge is 2.36. The summed E-state index contributed by atoms with van der Waals surface area (Å²) in [6.07, 6.45) is 6.31. The van der Waals surface area contributed by atoms with Gasteiger partial charge in [-0.2, -0.15) is 0 Å². The fourth-order valence-electron chi connectivity index (χ4n) is 2.63. The van der Waals surface area contributed by atoms with Crippen LogP contribution in [0, 0.1) is 17.3 Å². The lowest BCUT2D eigenvalue weighted by Crippen LogP contribution is -2.31. The second kappa shape index (κ2) is 6.88. The summed E-state index contributed by atoms with van der Waals surface area (Å²) in [6.45, 7) is 9.58. The predicted molar refractivity (Wildman–Crippen MR) is 75.7 cm³/mol. The zero-order valence-corrected chi connectivity index (χ0v) is 12.4. The SMILES string of the molecule is C=CC(C)(C)C(=O)CC(C(=O)OCC)C1CCCC1. The van der Waals surface area contributed by atoms with Gasteiger partial charge in [0, 0.05) is 11.8 Å². The lowest BCUT2D eigenvalue weighted by atomic mass is 9.79. The zero-order valence-electron chi connectivity index (χ0n) is 12.4. The molecule has 0 radical (unpaired) electrons. The van der Waals surface area contributed by atoms with E-state index in [2.05, 4.69) is 6.58 Å². The van der Waals surface area contributed by atoms with Crippen LogP contribution in [0.1, 0.15) is 52.9 Å². The maximum absolute atomic E-state index is 12.3. The van der Waals surface area contributed by atoms with Crippen molar-refractivity contribution in [3.63, 3.8) is 0 Å². The molecule has 19 heavy (non-hydrogen) atoms. The van der Waals surface area contributed by atoms with Crippen LogP contribution in [0.3, 0.4) is 0 Å². The molecule has 1 unspecified atom stereocenters. The van der Waals surface area contributed by atoms with Crippen LogP contribution in [0.25, 0.3) is 0 Å². The summed E-state index contributed by atoms with van der Waals surface area (Å²) < 4.78 is 5.15. The van der Waals surface area contributed by atoms with Gasteiger partial charge in [0.1, 0.15) is 5.78 Å². The summed E-state index contributed by atoms with van der Waals surface area (Å²) in [5.74, 6) is -0.0899. The minimum atomic E-state index is -0.566. The number of hydrogen-bond acceptors (Lipinski definition) is 3.